The number of likely N-dealkylation sites (N-methyl/N-ethyl adjacent to an activating group) is 1. The molecule has 3 nitrogen and oxygen atoms in total. The predicted octanol–water partition coefficient (Wildman–Crippen LogP) is 2.48. The maximum atomic E-state index is 13.2. The van der Waals surface area contributed by atoms with E-state index in [1.807, 2.05) is 25.2 Å². The Balaban J connectivity index is 1.89. The summed E-state index contributed by atoms with van der Waals surface area (Å²) in [6, 6.07) is 10.6. The van der Waals surface area contributed by atoms with Crippen molar-refractivity contribution < 1.29 is 4.39 Å². The van der Waals surface area contributed by atoms with Crippen LogP contribution in [0.1, 0.15) is 11.3 Å². The normalized spacial score (nSPS) is 10.9. The Morgan fingerprint density at radius 1 is 1.26 bits per heavy atom. The zero-order valence-corrected chi connectivity index (χ0v) is 11.0. The minimum Gasteiger partial charge on any atom is -0.399 e. The van der Waals surface area contributed by atoms with Gasteiger partial charge in [0.25, 0.3) is 0 Å². The third kappa shape index (κ3) is 4.34. The third-order valence-corrected chi connectivity index (χ3v) is 2.91. The van der Waals surface area contributed by atoms with Crippen LogP contribution < -0.4 is 5.73 Å². The molecule has 0 saturated carbocycles. The summed E-state index contributed by atoms with van der Waals surface area (Å²) in [7, 11) is 2.00. The van der Waals surface area contributed by atoms with Gasteiger partial charge in [0.1, 0.15) is 5.82 Å². The molecule has 1 aromatic carbocycles. The molecule has 0 aliphatic heterocycles. The average molecular weight is 259 g/mol. The Kier molecular flexibility index (Phi) is 4.47. The first-order valence-corrected chi connectivity index (χ1v) is 6.27. The molecule has 1 aromatic heterocycles. The van der Waals surface area contributed by atoms with Crippen LogP contribution in [0.2, 0.25) is 0 Å². The first kappa shape index (κ1) is 13.5. The SMILES string of the molecule is CN(CCc1ccccn1)Cc1cc(N)cc(F)c1. The van der Waals surface area contributed by atoms with E-state index < -0.39 is 0 Å². The molecule has 0 spiro atoms. The number of hydrogen-bond donors (Lipinski definition) is 1. The van der Waals surface area contributed by atoms with E-state index >= 15 is 0 Å². The first-order valence-electron chi connectivity index (χ1n) is 6.27. The smallest absolute Gasteiger partial charge is 0.125 e. The molecule has 19 heavy (non-hydrogen) atoms. The molecule has 2 aromatic rings. The summed E-state index contributed by atoms with van der Waals surface area (Å²) >= 11 is 0. The van der Waals surface area contributed by atoms with E-state index in [2.05, 4.69) is 9.88 Å². The van der Waals surface area contributed by atoms with Crippen molar-refractivity contribution in [1.29, 1.82) is 0 Å². The maximum Gasteiger partial charge on any atom is 0.125 e. The fourth-order valence-electron chi connectivity index (χ4n) is 2.01. The second-order valence-electron chi connectivity index (χ2n) is 4.70. The summed E-state index contributed by atoms with van der Waals surface area (Å²) in [5, 5.41) is 0. The lowest BCUT2D eigenvalue weighted by molar-refractivity contribution is 0.329. The molecule has 2 rings (SSSR count). The lowest BCUT2D eigenvalue weighted by atomic mass is 10.2. The van der Waals surface area contributed by atoms with Gasteiger partial charge in [0.05, 0.1) is 0 Å². The fourth-order valence-corrected chi connectivity index (χ4v) is 2.01. The van der Waals surface area contributed by atoms with Crippen LogP contribution in [0.5, 0.6) is 0 Å². The summed E-state index contributed by atoms with van der Waals surface area (Å²) in [5.74, 6) is -0.284. The highest BCUT2D eigenvalue weighted by Crippen LogP contribution is 2.12. The van der Waals surface area contributed by atoms with Gasteiger partial charge in [-0.1, -0.05) is 6.07 Å². The molecule has 2 N–H and O–H groups in total. The van der Waals surface area contributed by atoms with Crippen LogP contribution in [-0.4, -0.2) is 23.5 Å². The van der Waals surface area contributed by atoms with Crippen LogP contribution in [0, 0.1) is 5.82 Å². The van der Waals surface area contributed by atoms with Gasteiger partial charge in [0.15, 0.2) is 0 Å². The van der Waals surface area contributed by atoms with E-state index in [-0.39, 0.29) is 5.82 Å². The van der Waals surface area contributed by atoms with Crippen LogP contribution in [0.4, 0.5) is 10.1 Å². The summed E-state index contributed by atoms with van der Waals surface area (Å²) in [6.07, 6.45) is 2.67. The van der Waals surface area contributed by atoms with Crippen molar-refractivity contribution in [2.24, 2.45) is 0 Å². The van der Waals surface area contributed by atoms with Gasteiger partial charge in [-0.15, -0.1) is 0 Å². The van der Waals surface area contributed by atoms with E-state index in [1.54, 1.807) is 12.3 Å². The van der Waals surface area contributed by atoms with E-state index in [0.29, 0.717) is 12.2 Å². The number of nitrogens with zero attached hydrogens (tertiary/aromatic N) is 2. The van der Waals surface area contributed by atoms with Crippen molar-refractivity contribution in [2.75, 3.05) is 19.3 Å². The van der Waals surface area contributed by atoms with E-state index in [1.165, 1.54) is 12.1 Å². The lowest BCUT2D eigenvalue weighted by Crippen LogP contribution is -2.21. The van der Waals surface area contributed by atoms with Crippen molar-refractivity contribution in [3.05, 3.63) is 59.7 Å². The van der Waals surface area contributed by atoms with Crippen molar-refractivity contribution in [3.8, 4) is 0 Å². The van der Waals surface area contributed by atoms with Crippen molar-refractivity contribution in [3.63, 3.8) is 0 Å². The van der Waals surface area contributed by atoms with E-state index in [9.17, 15) is 4.39 Å². The number of nitrogen functional groups attached to an aromatic ring is 1. The van der Waals surface area contributed by atoms with Gasteiger partial charge in [-0.25, -0.2) is 4.39 Å². The number of anilines is 1. The number of pyridine rings is 1. The maximum absolute atomic E-state index is 13.2. The number of nitrogens with two attached hydrogens (primary N) is 1. The molecule has 0 aliphatic carbocycles. The zero-order valence-electron chi connectivity index (χ0n) is 11.0. The molecule has 4 heteroatoms. The number of aromatic nitrogens is 1. The molecule has 0 radical (unpaired) electrons. The summed E-state index contributed by atoms with van der Waals surface area (Å²) in [4.78, 5) is 6.41. The predicted molar refractivity (Wildman–Crippen MR) is 75.1 cm³/mol. The summed E-state index contributed by atoms with van der Waals surface area (Å²) in [6.45, 7) is 1.54. The zero-order chi connectivity index (χ0) is 13.7. The molecule has 0 unspecified atom stereocenters. The number of rotatable bonds is 5. The van der Waals surface area contributed by atoms with Crippen molar-refractivity contribution in [2.45, 2.75) is 13.0 Å². The summed E-state index contributed by atoms with van der Waals surface area (Å²) < 4.78 is 13.2. The monoisotopic (exact) mass is 259 g/mol. The Morgan fingerprint density at radius 2 is 2.11 bits per heavy atom. The van der Waals surface area contributed by atoms with E-state index in [4.69, 9.17) is 5.73 Å². The fraction of sp³-hybridized carbons (Fsp3) is 0.267. The molecule has 100 valence electrons. The van der Waals surface area contributed by atoms with Gasteiger partial charge in [0, 0.05) is 37.1 Å². The van der Waals surface area contributed by atoms with E-state index in [0.717, 1.165) is 24.2 Å². The molecule has 0 bridgehead atoms. The van der Waals surface area contributed by atoms with Crippen LogP contribution in [0.25, 0.3) is 0 Å². The van der Waals surface area contributed by atoms with Gasteiger partial charge in [-0.05, 0) is 42.9 Å². The second-order valence-corrected chi connectivity index (χ2v) is 4.70. The number of benzene rings is 1. The van der Waals surface area contributed by atoms with Crippen LogP contribution in [-0.2, 0) is 13.0 Å². The standard InChI is InChI=1S/C15H18FN3/c1-19(7-5-15-4-2-3-6-18-15)11-12-8-13(16)10-14(17)9-12/h2-4,6,8-10H,5,7,11,17H2,1H3. The summed E-state index contributed by atoms with van der Waals surface area (Å²) in [5.41, 5.74) is 8.05. The van der Waals surface area contributed by atoms with Crippen LogP contribution in [0.3, 0.4) is 0 Å². The molecular formula is C15H18FN3. The topological polar surface area (TPSA) is 42.2 Å². The quantitative estimate of drug-likeness (QED) is 0.839. The highest BCUT2D eigenvalue weighted by atomic mass is 19.1. The molecular weight excluding hydrogens is 241 g/mol. The van der Waals surface area contributed by atoms with Gasteiger partial charge >= 0.3 is 0 Å². The average Bonchev–Trinajstić information content (AvgIpc) is 2.36. The van der Waals surface area contributed by atoms with Crippen LogP contribution in [0.15, 0.2) is 42.6 Å². The number of hydrogen-bond acceptors (Lipinski definition) is 3. The Bertz CT molecular complexity index is 508. The van der Waals surface area contributed by atoms with Gasteiger partial charge in [-0.2, -0.15) is 0 Å². The molecule has 0 amide bonds. The van der Waals surface area contributed by atoms with Gasteiger partial charge in [0.2, 0.25) is 0 Å². The molecule has 0 fully saturated rings. The van der Waals surface area contributed by atoms with Crippen molar-refractivity contribution >= 4 is 5.69 Å². The molecule has 0 aliphatic rings. The van der Waals surface area contributed by atoms with Gasteiger partial charge < -0.3 is 10.6 Å². The molecule has 1 heterocycles. The Labute approximate surface area is 112 Å². The largest absolute Gasteiger partial charge is 0.399 e. The van der Waals surface area contributed by atoms with Crippen LogP contribution >= 0.6 is 0 Å². The van der Waals surface area contributed by atoms with Gasteiger partial charge in [-0.3, -0.25) is 4.98 Å². The second kappa shape index (κ2) is 6.29. The first-order chi connectivity index (χ1) is 9.13. The third-order valence-electron chi connectivity index (χ3n) is 2.91. The Hall–Kier alpha value is -1.94. The van der Waals surface area contributed by atoms with Crippen molar-refractivity contribution in [1.82, 2.24) is 9.88 Å². The highest BCUT2D eigenvalue weighted by molar-refractivity contribution is 5.41. The minimum atomic E-state index is -0.284. The molecule has 0 atom stereocenters. The highest BCUT2D eigenvalue weighted by Gasteiger charge is 2.04. The number of halogens is 1. The molecule has 0 saturated heterocycles. The lowest BCUT2D eigenvalue weighted by Gasteiger charge is -2.16. The minimum absolute atomic E-state index is 0.284. The Morgan fingerprint density at radius 3 is 2.79 bits per heavy atom.